The van der Waals surface area contributed by atoms with Crippen molar-refractivity contribution in [3.8, 4) is 17.6 Å². The van der Waals surface area contributed by atoms with Gasteiger partial charge in [-0.3, -0.25) is 0 Å². The molecule has 0 aliphatic rings. The summed E-state index contributed by atoms with van der Waals surface area (Å²) in [5.41, 5.74) is 1.44. The summed E-state index contributed by atoms with van der Waals surface area (Å²) >= 11 is 0. The number of para-hydroxylation sites is 2. The molecule has 102 valence electrons. The molecule has 1 N–H and O–H groups in total. The van der Waals surface area contributed by atoms with Crippen molar-refractivity contribution >= 4 is 21.9 Å². The zero-order valence-electron chi connectivity index (χ0n) is 11.0. The molecule has 4 heteroatoms. The lowest BCUT2D eigenvalue weighted by atomic mass is 10.1. The van der Waals surface area contributed by atoms with Crippen LogP contribution in [0.15, 0.2) is 65.1 Å². The second-order valence-corrected chi connectivity index (χ2v) is 4.74. The fourth-order valence-electron chi connectivity index (χ4n) is 2.27. The van der Waals surface area contributed by atoms with Gasteiger partial charge in [0.1, 0.15) is 17.0 Å². The van der Waals surface area contributed by atoms with E-state index in [1.807, 2.05) is 48.5 Å². The normalized spacial score (nSPS) is 11.0. The van der Waals surface area contributed by atoms with Crippen LogP contribution in [0.5, 0.6) is 17.6 Å². The summed E-state index contributed by atoms with van der Waals surface area (Å²) < 4.78 is 11.2. The molecule has 0 spiro atoms. The monoisotopic (exact) mass is 277 g/mol. The number of aromatic hydroxyl groups is 1. The van der Waals surface area contributed by atoms with Crippen molar-refractivity contribution in [3.05, 3.63) is 60.7 Å². The number of hydrogen-bond donors (Lipinski definition) is 1. The van der Waals surface area contributed by atoms with Gasteiger partial charge in [-0.1, -0.05) is 24.3 Å². The van der Waals surface area contributed by atoms with Crippen molar-refractivity contribution in [1.29, 1.82) is 0 Å². The molecule has 0 fully saturated rings. The third-order valence-electron chi connectivity index (χ3n) is 3.27. The summed E-state index contributed by atoms with van der Waals surface area (Å²) in [6, 6.07) is 18.3. The minimum absolute atomic E-state index is 0.204. The van der Waals surface area contributed by atoms with Gasteiger partial charge < -0.3 is 14.3 Å². The van der Waals surface area contributed by atoms with Crippen molar-refractivity contribution in [3.63, 3.8) is 0 Å². The van der Waals surface area contributed by atoms with Gasteiger partial charge in [0.05, 0.1) is 0 Å². The van der Waals surface area contributed by atoms with Gasteiger partial charge in [-0.15, -0.1) is 0 Å². The summed E-state index contributed by atoms with van der Waals surface area (Å²) in [4.78, 5) is 4.27. The van der Waals surface area contributed by atoms with E-state index in [-0.39, 0.29) is 11.8 Å². The van der Waals surface area contributed by atoms with Crippen LogP contribution in [0.1, 0.15) is 0 Å². The third-order valence-corrected chi connectivity index (χ3v) is 3.27. The fraction of sp³-hybridized carbons (Fsp3) is 0. The van der Waals surface area contributed by atoms with E-state index in [9.17, 15) is 5.11 Å². The SMILES string of the molecule is Oc1ccc2ccc(Oc3nc4ccccc4o3)cc2c1. The largest absolute Gasteiger partial charge is 0.508 e. The molecule has 0 saturated carbocycles. The first-order valence-electron chi connectivity index (χ1n) is 6.54. The maximum atomic E-state index is 9.53. The highest BCUT2D eigenvalue weighted by atomic mass is 16.6. The number of phenolic OH excluding ortho intramolecular Hbond substituents is 1. The Bertz CT molecular complexity index is 910. The third kappa shape index (κ3) is 2.17. The highest BCUT2D eigenvalue weighted by Gasteiger charge is 2.07. The lowest BCUT2D eigenvalue weighted by Crippen LogP contribution is -1.84. The van der Waals surface area contributed by atoms with Gasteiger partial charge in [0.25, 0.3) is 0 Å². The Balaban J connectivity index is 1.72. The Hall–Kier alpha value is -3.01. The number of ether oxygens (including phenoxy) is 1. The first kappa shape index (κ1) is 11.8. The van der Waals surface area contributed by atoms with Gasteiger partial charge in [-0.2, -0.15) is 4.98 Å². The van der Waals surface area contributed by atoms with Crippen LogP contribution in [0.2, 0.25) is 0 Å². The first-order valence-corrected chi connectivity index (χ1v) is 6.54. The molecule has 4 rings (SSSR count). The van der Waals surface area contributed by atoms with Crippen LogP contribution in [-0.4, -0.2) is 10.1 Å². The molecule has 0 saturated heterocycles. The van der Waals surface area contributed by atoms with Gasteiger partial charge in [0, 0.05) is 0 Å². The summed E-state index contributed by atoms with van der Waals surface area (Å²) in [7, 11) is 0. The Kier molecular flexibility index (Phi) is 2.54. The fourth-order valence-corrected chi connectivity index (χ4v) is 2.27. The van der Waals surface area contributed by atoms with E-state index in [4.69, 9.17) is 9.15 Å². The van der Waals surface area contributed by atoms with E-state index in [0.29, 0.717) is 11.3 Å². The number of fused-ring (bicyclic) bond motifs is 2. The highest BCUT2D eigenvalue weighted by Crippen LogP contribution is 2.29. The Labute approximate surface area is 120 Å². The van der Waals surface area contributed by atoms with Crippen LogP contribution in [0, 0.1) is 0 Å². The molecule has 1 aromatic heterocycles. The van der Waals surface area contributed by atoms with Crippen LogP contribution in [-0.2, 0) is 0 Å². The van der Waals surface area contributed by atoms with Gasteiger partial charge in [0.15, 0.2) is 5.58 Å². The van der Waals surface area contributed by atoms with Gasteiger partial charge in [-0.25, -0.2) is 0 Å². The summed E-state index contributed by atoms with van der Waals surface area (Å²) in [5, 5.41) is 11.5. The maximum absolute atomic E-state index is 9.53. The number of oxazole rings is 1. The number of phenols is 1. The van der Waals surface area contributed by atoms with Crippen LogP contribution in [0.4, 0.5) is 0 Å². The van der Waals surface area contributed by atoms with Crippen molar-refractivity contribution in [2.24, 2.45) is 0 Å². The van der Waals surface area contributed by atoms with E-state index in [0.717, 1.165) is 16.3 Å². The molecule has 4 aromatic rings. The molecule has 0 unspecified atom stereocenters. The van der Waals surface area contributed by atoms with E-state index in [1.165, 1.54) is 0 Å². The second kappa shape index (κ2) is 4.52. The topological polar surface area (TPSA) is 55.5 Å². The number of nitrogens with zero attached hydrogens (tertiary/aromatic N) is 1. The molecule has 0 amide bonds. The molecule has 0 aliphatic heterocycles. The van der Waals surface area contributed by atoms with Gasteiger partial charge in [0.2, 0.25) is 0 Å². The average Bonchev–Trinajstić information content (AvgIpc) is 2.89. The summed E-state index contributed by atoms with van der Waals surface area (Å²) in [5.74, 6) is 0.834. The molecular weight excluding hydrogens is 266 g/mol. The number of hydrogen-bond acceptors (Lipinski definition) is 4. The van der Waals surface area contributed by atoms with Crippen molar-refractivity contribution < 1.29 is 14.3 Å². The number of rotatable bonds is 2. The highest BCUT2D eigenvalue weighted by molar-refractivity contribution is 5.85. The molecule has 0 atom stereocenters. The zero-order valence-corrected chi connectivity index (χ0v) is 11.0. The van der Waals surface area contributed by atoms with E-state index in [2.05, 4.69) is 4.98 Å². The van der Waals surface area contributed by atoms with E-state index < -0.39 is 0 Å². The number of benzene rings is 3. The zero-order chi connectivity index (χ0) is 14.2. The molecule has 21 heavy (non-hydrogen) atoms. The molecule has 0 aliphatic carbocycles. The minimum Gasteiger partial charge on any atom is -0.508 e. The lowest BCUT2D eigenvalue weighted by Gasteiger charge is -2.03. The lowest BCUT2D eigenvalue weighted by molar-refractivity contribution is 0.343. The Morgan fingerprint density at radius 3 is 2.67 bits per heavy atom. The van der Waals surface area contributed by atoms with Crippen LogP contribution >= 0.6 is 0 Å². The Morgan fingerprint density at radius 2 is 1.76 bits per heavy atom. The second-order valence-electron chi connectivity index (χ2n) is 4.74. The van der Waals surface area contributed by atoms with Gasteiger partial charge in [-0.05, 0) is 47.2 Å². The van der Waals surface area contributed by atoms with Crippen LogP contribution in [0.3, 0.4) is 0 Å². The molecular formula is C17H11NO3. The van der Waals surface area contributed by atoms with E-state index in [1.54, 1.807) is 12.1 Å². The van der Waals surface area contributed by atoms with Crippen molar-refractivity contribution in [2.45, 2.75) is 0 Å². The minimum atomic E-state index is 0.204. The first-order chi connectivity index (χ1) is 10.3. The molecule has 4 nitrogen and oxygen atoms in total. The van der Waals surface area contributed by atoms with Crippen molar-refractivity contribution in [1.82, 2.24) is 4.98 Å². The maximum Gasteiger partial charge on any atom is 0.400 e. The smallest absolute Gasteiger partial charge is 0.400 e. The van der Waals surface area contributed by atoms with Crippen LogP contribution in [0.25, 0.3) is 21.9 Å². The summed E-state index contributed by atoms with van der Waals surface area (Å²) in [6.07, 6.45) is 0.204. The molecule has 1 heterocycles. The predicted molar refractivity (Wildman–Crippen MR) is 79.7 cm³/mol. The average molecular weight is 277 g/mol. The Morgan fingerprint density at radius 1 is 0.905 bits per heavy atom. The van der Waals surface area contributed by atoms with E-state index >= 15 is 0 Å². The van der Waals surface area contributed by atoms with Crippen molar-refractivity contribution in [2.75, 3.05) is 0 Å². The van der Waals surface area contributed by atoms with Crippen LogP contribution < -0.4 is 4.74 Å². The standard InChI is InChI=1S/C17H11NO3/c19-13-7-5-11-6-8-14(10-12(11)9-13)20-17-18-15-3-1-2-4-16(15)21-17/h1-10,19H. The molecule has 3 aromatic carbocycles. The summed E-state index contributed by atoms with van der Waals surface area (Å²) in [6.45, 7) is 0. The number of aromatic nitrogens is 1. The van der Waals surface area contributed by atoms with Gasteiger partial charge >= 0.3 is 6.08 Å². The molecule has 0 radical (unpaired) electrons. The quantitative estimate of drug-likeness (QED) is 0.587. The molecule has 0 bridgehead atoms. The predicted octanol–water partition coefficient (Wildman–Crippen LogP) is 4.48.